The van der Waals surface area contributed by atoms with Gasteiger partial charge in [0.25, 0.3) is 0 Å². The van der Waals surface area contributed by atoms with E-state index in [2.05, 4.69) is 17.1 Å². The molecule has 0 radical (unpaired) electrons. The lowest BCUT2D eigenvalue weighted by atomic mass is 10.00. The zero-order valence-electron chi connectivity index (χ0n) is 9.64. The zero-order chi connectivity index (χ0) is 12.1. The smallest absolute Gasteiger partial charge is 0.226 e. The molecule has 4 N–H and O–H groups in total. The van der Waals surface area contributed by atoms with Crippen molar-refractivity contribution in [1.29, 1.82) is 0 Å². The second-order valence-electron chi connectivity index (χ2n) is 4.25. The fourth-order valence-corrected chi connectivity index (χ4v) is 1.61. The second kappa shape index (κ2) is 5.60. The van der Waals surface area contributed by atoms with Gasteiger partial charge in [0.05, 0.1) is 0 Å². The van der Waals surface area contributed by atoms with E-state index in [-0.39, 0.29) is 18.4 Å². The Hall–Kier alpha value is -1.43. The van der Waals surface area contributed by atoms with Crippen molar-refractivity contribution in [3.05, 3.63) is 11.8 Å². The predicted molar refractivity (Wildman–Crippen MR) is 58.3 cm³/mol. The number of carbonyl (C=O) groups excluding carboxylic acids is 1. The standard InChI is InChI=1S/C10H18N4O2/c1-6(3-7(2)11)4-9-13-14-10(16-9)5-8(12)15/h6-7H,3-5,11H2,1-2H3,(H2,12,15). The molecule has 0 spiro atoms. The van der Waals surface area contributed by atoms with Crippen LogP contribution in [0.15, 0.2) is 4.42 Å². The first kappa shape index (κ1) is 12.6. The van der Waals surface area contributed by atoms with Crippen molar-refractivity contribution in [2.45, 2.75) is 39.2 Å². The zero-order valence-corrected chi connectivity index (χ0v) is 9.64. The van der Waals surface area contributed by atoms with Crippen LogP contribution in [0.1, 0.15) is 32.0 Å². The molecule has 6 heteroatoms. The fourth-order valence-electron chi connectivity index (χ4n) is 1.61. The highest BCUT2D eigenvalue weighted by molar-refractivity contribution is 5.75. The molecule has 1 aromatic heterocycles. The van der Waals surface area contributed by atoms with E-state index in [1.807, 2.05) is 6.92 Å². The van der Waals surface area contributed by atoms with Gasteiger partial charge in [-0.15, -0.1) is 10.2 Å². The van der Waals surface area contributed by atoms with Crippen molar-refractivity contribution in [1.82, 2.24) is 10.2 Å². The largest absolute Gasteiger partial charge is 0.425 e. The summed E-state index contributed by atoms with van der Waals surface area (Å²) in [7, 11) is 0. The molecule has 0 aliphatic heterocycles. The normalized spacial score (nSPS) is 14.7. The first-order valence-corrected chi connectivity index (χ1v) is 5.32. The average molecular weight is 226 g/mol. The summed E-state index contributed by atoms with van der Waals surface area (Å²) in [5.74, 6) is 0.709. The molecule has 0 aromatic carbocycles. The molecule has 90 valence electrons. The van der Waals surface area contributed by atoms with Crippen LogP contribution in [-0.4, -0.2) is 22.1 Å². The van der Waals surface area contributed by atoms with Crippen molar-refractivity contribution < 1.29 is 9.21 Å². The molecule has 1 amide bonds. The van der Waals surface area contributed by atoms with Crippen LogP contribution in [0.25, 0.3) is 0 Å². The van der Waals surface area contributed by atoms with E-state index in [9.17, 15) is 4.79 Å². The molecule has 1 heterocycles. The molecule has 1 rings (SSSR count). The third-order valence-corrected chi connectivity index (χ3v) is 2.13. The van der Waals surface area contributed by atoms with E-state index in [1.165, 1.54) is 0 Å². The van der Waals surface area contributed by atoms with Crippen LogP contribution in [0.5, 0.6) is 0 Å². The van der Waals surface area contributed by atoms with E-state index in [0.29, 0.717) is 18.2 Å². The van der Waals surface area contributed by atoms with Crippen molar-refractivity contribution in [2.24, 2.45) is 17.4 Å². The maximum absolute atomic E-state index is 10.6. The first-order chi connectivity index (χ1) is 7.47. The number of nitrogens with two attached hydrogens (primary N) is 2. The monoisotopic (exact) mass is 226 g/mol. The van der Waals surface area contributed by atoms with Gasteiger partial charge < -0.3 is 15.9 Å². The van der Waals surface area contributed by atoms with E-state index < -0.39 is 5.91 Å². The number of amides is 1. The van der Waals surface area contributed by atoms with E-state index in [0.717, 1.165) is 6.42 Å². The molecule has 2 atom stereocenters. The number of hydrogen-bond acceptors (Lipinski definition) is 5. The molecular weight excluding hydrogens is 208 g/mol. The molecule has 0 saturated carbocycles. The van der Waals surface area contributed by atoms with Crippen molar-refractivity contribution in [3.63, 3.8) is 0 Å². The predicted octanol–water partition coefficient (Wildman–Crippen LogP) is 0.0133. The Balaban J connectivity index is 2.48. The molecule has 16 heavy (non-hydrogen) atoms. The molecular formula is C10H18N4O2. The topological polar surface area (TPSA) is 108 Å². The minimum absolute atomic E-state index is 0.00529. The van der Waals surface area contributed by atoms with Crippen LogP contribution in [0.2, 0.25) is 0 Å². The Bertz CT molecular complexity index is 348. The lowest BCUT2D eigenvalue weighted by molar-refractivity contribution is -0.117. The number of hydrogen-bond donors (Lipinski definition) is 2. The van der Waals surface area contributed by atoms with Crippen molar-refractivity contribution in [3.8, 4) is 0 Å². The summed E-state index contributed by atoms with van der Waals surface area (Å²) in [6.45, 7) is 4.03. The van der Waals surface area contributed by atoms with Crippen LogP contribution < -0.4 is 11.5 Å². The molecule has 1 aromatic rings. The lowest BCUT2D eigenvalue weighted by Crippen LogP contribution is -2.19. The van der Waals surface area contributed by atoms with Gasteiger partial charge in [-0.25, -0.2) is 0 Å². The molecule has 0 aliphatic rings. The Labute approximate surface area is 94.4 Å². The number of primary amides is 1. The average Bonchev–Trinajstić information content (AvgIpc) is 2.49. The van der Waals surface area contributed by atoms with Gasteiger partial charge in [0, 0.05) is 12.5 Å². The lowest BCUT2D eigenvalue weighted by Gasteiger charge is -2.10. The molecule has 0 bridgehead atoms. The fraction of sp³-hybridized carbons (Fsp3) is 0.700. The molecule has 0 fully saturated rings. The Morgan fingerprint density at radius 2 is 2.00 bits per heavy atom. The summed E-state index contributed by atoms with van der Waals surface area (Å²) in [6.07, 6.45) is 1.56. The maximum atomic E-state index is 10.6. The van der Waals surface area contributed by atoms with Crippen molar-refractivity contribution >= 4 is 5.91 Å². The molecule has 0 aliphatic carbocycles. The Morgan fingerprint density at radius 3 is 2.56 bits per heavy atom. The number of carbonyl (C=O) groups is 1. The Morgan fingerprint density at radius 1 is 1.38 bits per heavy atom. The summed E-state index contributed by atoms with van der Waals surface area (Å²) >= 11 is 0. The van der Waals surface area contributed by atoms with Gasteiger partial charge in [0.1, 0.15) is 6.42 Å². The van der Waals surface area contributed by atoms with Gasteiger partial charge in [-0.3, -0.25) is 4.79 Å². The van der Waals surface area contributed by atoms with E-state index >= 15 is 0 Å². The van der Waals surface area contributed by atoms with Crippen LogP contribution in [-0.2, 0) is 17.6 Å². The van der Waals surface area contributed by atoms with Gasteiger partial charge >= 0.3 is 0 Å². The van der Waals surface area contributed by atoms with Crippen LogP contribution >= 0.6 is 0 Å². The third kappa shape index (κ3) is 4.39. The van der Waals surface area contributed by atoms with Gasteiger partial charge in [-0.1, -0.05) is 6.92 Å². The summed E-state index contributed by atoms with van der Waals surface area (Å²) < 4.78 is 5.28. The van der Waals surface area contributed by atoms with Crippen LogP contribution in [0.4, 0.5) is 0 Å². The third-order valence-electron chi connectivity index (χ3n) is 2.13. The molecule has 0 saturated heterocycles. The first-order valence-electron chi connectivity index (χ1n) is 5.32. The highest BCUT2D eigenvalue weighted by Gasteiger charge is 2.13. The van der Waals surface area contributed by atoms with Gasteiger partial charge in [-0.05, 0) is 19.3 Å². The van der Waals surface area contributed by atoms with Gasteiger partial charge in [-0.2, -0.15) is 0 Å². The SMILES string of the molecule is CC(N)CC(C)Cc1nnc(CC(N)=O)o1. The summed E-state index contributed by atoms with van der Waals surface area (Å²) in [4.78, 5) is 10.6. The minimum Gasteiger partial charge on any atom is -0.425 e. The van der Waals surface area contributed by atoms with Gasteiger partial charge in [0.2, 0.25) is 17.7 Å². The van der Waals surface area contributed by atoms with Crippen LogP contribution in [0, 0.1) is 5.92 Å². The highest BCUT2D eigenvalue weighted by Crippen LogP contribution is 2.12. The highest BCUT2D eigenvalue weighted by atomic mass is 16.4. The summed E-state index contributed by atoms with van der Waals surface area (Å²) in [6, 6.07) is 0.156. The molecule has 6 nitrogen and oxygen atoms in total. The van der Waals surface area contributed by atoms with E-state index in [4.69, 9.17) is 15.9 Å². The van der Waals surface area contributed by atoms with Crippen molar-refractivity contribution in [2.75, 3.05) is 0 Å². The number of aromatic nitrogens is 2. The van der Waals surface area contributed by atoms with E-state index in [1.54, 1.807) is 0 Å². The number of rotatable bonds is 6. The van der Waals surface area contributed by atoms with Crippen LogP contribution in [0.3, 0.4) is 0 Å². The Kier molecular flexibility index (Phi) is 4.42. The quantitative estimate of drug-likeness (QED) is 0.710. The summed E-state index contributed by atoms with van der Waals surface area (Å²) in [5, 5.41) is 7.59. The minimum atomic E-state index is -0.473. The summed E-state index contributed by atoms with van der Waals surface area (Å²) in [5.41, 5.74) is 10.7. The molecule has 2 unspecified atom stereocenters. The van der Waals surface area contributed by atoms with Gasteiger partial charge in [0.15, 0.2) is 0 Å². The second-order valence-corrected chi connectivity index (χ2v) is 4.25. The maximum Gasteiger partial charge on any atom is 0.226 e. The number of nitrogens with zero attached hydrogens (tertiary/aromatic N) is 2.